The van der Waals surface area contributed by atoms with E-state index in [-0.39, 0.29) is 0 Å². The van der Waals surface area contributed by atoms with Crippen LogP contribution in [0.1, 0.15) is 46.5 Å². The lowest BCUT2D eigenvalue weighted by molar-refractivity contribution is 0.136. The van der Waals surface area contributed by atoms with Crippen LogP contribution in [0.25, 0.3) is 0 Å². The summed E-state index contributed by atoms with van der Waals surface area (Å²) in [4.78, 5) is 0. The molecule has 0 aliphatic carbocycles. The molecule has 0 fully saturated rings. The molecule has 0 aromatic rings. The first-order valence-electron chi connectivity index (χ1n) is 5.23. The zero-order chi connectivity index (χ0) is 9.40. The van der Waals surface area contributed by atoms with E-state index >= 15 is 0 Å². The Morgan fingerprint density at radius 1 is 1.25 bits per heavy atom. The maximum atomic E-state index is 5.17. The predicted molar refractivity (Wildman–Crippen MR) is 54.3 cm³/mol. The fraction of sp³-hybridized carbons (Fsp3) is 1.00. The first-order chi connectivity index (χ1) is 5.74. The Morgan fingerprint density at radius 3 is 2.33 bits per heavy atom. The smallest absolute Gasteiger partial charge is 0.0490 e. The van der Waals surface area contributed by atoms with Gasteiger partial charge in [0.05, 0.1) is 0 Å². The van der Waals surface area contributed by atoms with Crippen LogP contribution in [0.4, 0.5) is 0 Å². The molecule has 0 bridgehead atoms. The molecular weight excluding hydrogens is 148 g/mol. The van der Waals surface area contributed by atoms with E-state index in [2.05, 4.69) is 20.8 Å². The van der Waals surface area contributed by atoms with Gasteiger partial charge in [-0.2, -0.15) is 0 Å². The summed E-state index contributed by atoms with van der Waals surface area (Å²) in [6, 6.07) is 0. The Bertz CT molecular complexity index is 91.0. The molecule has 2 unspecified atom stereocenters. The zero-order valence-electron chi connectivity index (χ0n) is 9.10. The van der Waals surface area contributed by atoms with E-state index in [9.17, 15) is 0 Å². The fourth-order valence-corrected chi connectivity index (χ4v) is 1.77. The molecule has 1 heteroatoms. The molecule has 0 amide bonds. The van der Waals surface area contributed by atoms with Crippen molar-refractivity contribution in [3.8, 4) is 0 Å². The quantitative estimate of drug-likeness (QED) is 0.571. The molecule has 0 aliphatic rings. The molecule has 0 spiro atoms. The number of ether oxygens (including phenoxy) is 1. The molecule has 2 atom stereocenters. The van der Waals surface area contributed by atoms with E-state index < -0.39 is 0 Å². The fourth-order valence-electron chi connectivity index (χ4n) is 1.77. The molecular formula is C11H24O. The van der Waals surface area contributed by atoms with Crippen molar-refractivity contribution in [1.29, 1.82) is 0 Å². The number of hydrogen-bond acceptors (Lipinski definition) is 1. The van der Waals surface area contributed by atoms with Gasteiger partial charge in [-0.3, -0.25) is 0 Å². The van der Waals surface area contributed by atoms with E-state index in [1.54, 1.807) is 7.11 Å². The standard InChI is InChI=1S/C11H24O/c1-5-7-10(3)8-11(6-2)9-12-4/h10-11H,5-9H2,1-4H3. The van der Waals surface area contributed by atoms with E-state index in [1.165, 1.54) is 25.7 Å². The summed E-state index contributed by atoms with van der Waals surface area (Å²) in [5.41, 5.74) is 0. The molecule has 0 N–H and O–H groups in total. The van der Waals surface area contributed by atoms with Crippen LogP contribution >= 0.6 is 0 Å². The van der Waals surface area contributed by atoms with E-state index in [1.807, 2.05) is 0 Å². The summed E-state index contributed by atoms with van der Waals surface area (Å²) in [7, 11) is 1.80. The second kappa shape index (κ2) is 7.60. The van der Waals surface area contributed by atoms with Crippen LogP contribution in [0.2, 0.25) is 0 Å². The second-order valence-corrected chi connectivity index (χ2v) is 3.86. The molecule has 0 rings (SSSR count). The van der Waals surface area contributed by atoms with Crippen LogP contribution in [-0.2, 0) is 4.74 Å². The van der Waals surface area contributed by atoms with Gasteiger partial charge in [0.15, 0.2) is 0 Å². The van der Waals surface area contributed by atoms with Gasteiger partial charge in [-0.25, -0.2) is 0 Å². The average Bonchev–Trinajstić information content (AvgIpc) is 2.04. The van der Waals surface area contributed by atoms with Crippen LogP contribution in [-0.4, -0.2) is 13.7 Å². The summed E-state index contributed by atoms with van der Waals surface area (Å²) in [5, 5.41) is 0. The second-order valence-electron chi connectivity index (χ2n) is 3.86. The Labute approximate surface area is 77.5 Å². The highest BCUT2D eigenvalue weighted by molar-refractivity contribution is 4.61. The van der Waals surface area contributed by atoms with Crippen molar-refractivity contribution in [3.05, 3.63) is 0 Å². The highest BCUT2D eigenvalue weighted by atomic mass is 16.5. The van der Waals surface area contributed by atoms with Crippen LogP contribution in [0, 0.1) is 11.8 Å². The van der Waals surface area contributed by atoms with Gasteiger partial charge < -0.3 is 4.74 Å². The SMILES string of the molecule is CCCC(C)CC(CC)COC. The third kappa shape index (κ3) is 5.59. The summed E-state index contributed by atoms with van der Waals surface area (Å²) < 4.78 is 5.17. The van der Waals surface area contributed by atoms with E-state index in [0.717, 1.165) is 18.4 Å². The molecule has 0 aromatic heterocycles. The molecule has 0 aliphatic heterocycles. The Kier molecular flexibility index (Phi) is 7.58. The molecule has 12 heavy (non-hydrogen) atoms. The predicted octanol–water partition coefficient (Wildman–Crippen LogP) is 3.49. The lowest BCUT2D eigenvalue weighted by Crippen LogP contribution is -2.11. The molecule has 74 valence electrons. The van der Waals surface area contributed by atoms with Gasteiger partial charge in [-0.1, -0.05) is 40.0 Å². The molecule has 0 saturated carbocycles. The van der Waals surface area contributed by atoms with Gasteiger partial charge in [0.1, 0.15) is 0 Å². The molecule has 0 radical (unpaired) electrons. The van der Waals surface area contributed by atoms with Gasteiger partial charge >= 0.3 is 0 Å². The Hall–Kier alpha value is -0.0400. The Morgan fingerprint density at radius 2 is 1.92 bits per heavy atom. The van der Waals surface area contributed by atoms with Crippen LogP contribution in [0.3, 0.4) is 0 Å². The topological polar surface area (TPSA) is 9.23 Å². The first-order valence-corrected chi connectivity index (χ1v) is 5.23. The molecule has 0 heterocycles. The van der Waals surface area contributed by atoms with Crippen LogP contribution < -0.4 is 0 Å². The maximum absolute atomic E-state index is 5.17. The maximum Gasteiger partial charge on any atom is 0.0490 e. The largest absolute Gasteiger partial charge is 0.384 e. The summed E-state index contributed by atoms with van der Waals surface area (Å²) >= 11 is 0. The Balaban J connectivity index is 3.53. The monoisotopic (exact) mass is 172 g/mol. The third-order valence-electron chi connectivity index (χ3n) is 2.50. The number of rotatable bonds is 7. The number of hydrogen-bond donors (Lipinski definition) is 0. The van der Waals surface area contributed by atoms with Gasteiger partial charge in [0, 0.05) is 13.7 Å². The third-order valence-corrected chi connectivity index (χ3v) is 2.50. The average molecular weight is 172 g/mol. The van der Waals surface area contributed by atoms with Gasteiger partial charge in [0.2, 0.25) is 0 Å². The minimum Gasteiger partial charge on any atom is -0.384 e. The van der Waals surface area contributed by atoms with Crippen molar-refractivity contribution in [3.63, 3.8) is 0 Å². The van der Waals surface area contributed by atoms with Crippen molar-refractivity contribution < 1.29 is 4.74 Å². The lowest BCUT2D eigenvalue weighted by atomic mass is 9.91. The minimum atomic E-state index is 0.775. The first kappa shape index (κ1) is 12.0. The molecule has 1 nitrogen and oxygen atoms in total. The van der Waals surface area contributed by atoms with Gasteiger partial charge in [-0.15, -0.1) is 0 Å². The number of methoxy groups -OCH3 is 1. The molecule has 0 aromatic carbocycles. The van der Waals surface area contributed by atoms with Crippen LogP contribution in [0.15, 0.2) is 0 Å². The van der Waals surface area contributed by atoms with Crippen molar-refractivity contribution >= 4 is 0 Å². The lowest BCUT2D eigenvalue weighted by Gasteiger charge is -2.18. The highest BCUT2D eigenvalue weighted by Crippen LogP contribution is 2.19. The van der Waals surface area contributed by atoms with Gasteiger partial charge in [-0.05, 0) is 18.3 Å². The van der Waals surface area contributed by atoms with E-state index in [0.29, 0.717) is 0 Å². The van der Waals surface area contributed by atoms with Crippen LogP contribution in [0.5, 0.6) is 0 Å². The summed E-state index contributed by atoms with van der Waals surface area (Å²) in [6.07, 6.45) is 5.25. The van der Waals surface area contributed by atoms with Crippen molar-refractivity contribution in [2.24, 2.45) is 11.8 Å². The minimum absolute atomic E-state index is 0.775. The van der Waals surface area contributed by atoms with Crippen molar-refractivity contribution in [1.82, 2.24) is 0 Å². The van der Waals surface area contributed by atoms with Gasteiger partial charge in [0.25, 0.3) is 0 Å². The van der Waals surface area contributed by atoms with Crippen molar-refractivity contribution in [2.45, 2.75) is 46.5 Å². The van der Waals surface area contributed by atoms with Crippen molar-refractivity contribution in [2.75, 3.05) is 13.7 Å². The normalized spacial score (nSPS) is 16.0. The van der Waals surface area contributed by atoms with E-state index in [4.69, 9.17) is 4.74 Å². The summed E-state index contributed by atoms with van der Waals surface area (Å²) in [6.45, 7) is 7.79. The summed E-state index contributed by atoms with van der Waals surface area (Å²) in [5.74, 6) is 1.65. The molecule has 0 saturated heterocycles. The zero-order valence-corrected chi connectivity index (χ0v) is 9.10. The highest BCUT2D eigenvalue weighted by Gasteiger charge is 2.10.